The summed E-state index contributed by atoms with van der Waals surface area (Å²) in [5.74, 6) is 0. The van der Waals surface area contributed by atoms with Crippen LogP contribution in [0.4, 0.5) is 0 Å². The van der Waals surface area contributed by atoms with Crippen LogP contribution in [0.25, 0.3) is 0 Å². The molecule has 0 heterocycles. The lowest BCUT2D eigenvalue weighted by Crippen LogP contribution is -1.54. The third-order valence-electron chi connectivity index (χ3n) is 1.41. The Bertz CT molecular complexity index is 260. The maximum Gasteiger partial charge on any atom is -0.0169 e. The van der Waals surface area contributed by atoms with Crippen molar-refractivity contribution in [3.8, 4) is 0 Å². The molecule has 0 nitrogen and oxygen atoms in total. The van der Waals surface area contributed by atoms with Gasteiger partial charge in [-0.05, 0) is 13.3 Å². The first-order chi connectivity index (χ1) is 6.91. The number of allylic oxidation sites excluding steroid dienone is 11. The van der Waals surface area contributed by atoms with Gasteiger partial charge in [0.1, 0.15) is 0 Å². The van der Waals surface area contributed by atoms with Crippen molar-refractivity contribution < 1.29 is 0 Å². The number of hydrogen-bond donors (Lipinski definition) is 0. The van der Waals surface area contributed by atoms with Crippen molar-refractivity contribution in [2.75, 3.05) is 0 Å². The molecule has 0 saturated carbocycles. The van der Waals surface area contributed by atoms with Gasteiger partial charge in [-0.3, -0.25) is 0 Å². The van der Waals surface area contributed by atoms with E-state index in [0.29, 0.717) is 0 Å². The number of hydrogen-bond acceptors (Lipinski definition) is 0. The van der Waals surface area contributed by atoms with Crippen LogP contribution in [-0.4, -0.2) is 0 Å². The Hall–Kier alpha value is -1.56. The van der Waals surface area contributed by atoms with Crippen LogP contribution in [0, 0.1) is 0 Å². The zero-order chi connectivity index (χ0) is 10.5. The Kier molecular flexibility index (Phi) is 10.2. The van der Waals surface area contributed by atoms with Crippen LogP contribution in [0.15, 0.2) is 73.4 Å². The average Bonchev–Trinajstić information content (AvgIpc) is 2.21. The molecule has 0 aliphatic heterocycles. The third-order valence-corrected chi connectivity index (χ3v) is 1.41. The summed E-state index contributed by atoms with van der Waals surface area (Å²) in [6.45, 7) is 5.63. The van der Waals surface area contributed by atoms with Gasteiger partial charge in [0.15, 0.2) is 0 Å². The zero-order valence-corrected chi connectivity index (χ0v) is 8.77. The highest BCUT2D eigenvalue weighted by Crippen LogP contribution is 1.86. The minimum Gasteiger partial charge on any atom is -0.103 e. The Morgan fingerprint density at radius 1 is 0.786 bits per heavy atom. The van der Waals surface area contributed by atoms with E-state index in [-0.39, 0.29) is 0 Å². The minimum absolute atomic E-state index is 0.926. The molecule has 14 heavy (non-hydrogen) atoms. The van der Waals surface area contributed by atoms with E-state index < -0.39 is 0 Å². The van der Waals surface area contributed by atoms with Gasteiger partial charge < -0.3 is 0 Å². The van der Waals surface area contributed by atoms with Crippen molar-refractivity contribution in [3.05, 3.63) is 73.4 Å². The van der Waals surface area contributed by atoms with Crippen molar-refractivity contribution in [2.45, 2.75) is 13.3 Å². The van der Waals surface area contributed by atoms with E-state index in [4.69, 9.17) is 0 Å². The van der Waals surface area contributed by atoms with Gasteiger partial charge in [-0.25, -0.2) is 0 Å². The molecule has 0 aliphatic rings. The molecule has 0 N–H and O–H groups in total. The monoisotopic (exact) mass is 186 g/mol. The van der Waals surface area contributed by atoms with Gasteiger partial charge in [0.2, 0.25) is 0 Å². The highest BCUT2D eigenvalue weighted by atomic mass is 13.7. The fraction of sp³-hybridized carbons (Fsp3) is 0.143. The van der Waals surface area contributed by atoms with E-state index in [9.17, 15) is 0 Å². The fourth-order valence-corrected chi connectivity index (χ4v) is 0.749. The summed E-state index contributed by atoms with van der Waals surface area (Å²) in [7, 11) is 0. The van der Waals surface area contributed by atoms with E-state index in [1.165, 1.54) is 0 Å². The van der Waals surface area contributed by atoms with Gasteiger partial charge in [0.25, 0.3) is 0 Å². The highest BCUT2D eigenvalue weighted by molar-refractivity contribution is 5.17. The van der Waals surface area contributed by atoms with Crippen molar-refractivity contribution in [3.63, 3.8) is 0 Å². The van der Waals surface area contributed by atoms with Crippen LogP contribution in [0.5, 0.6) is 0 Å². The molecule has 0 atom stereocenters. The van der Waals surface area contributed by atoms with E-state index in [1.807, 2.05) is 67.7 Å². The first-order valence-corrected chi connectivity index (χ1v) is 4.80. The lowest BCUT2D eigenvalue weighted by Gasteiger charge is -1.76. The first-order valence-electron chi connectivity index (χ1n) is 4.80. The molecule has 0 unspecified atom stereocenters. The second-order valence-electron chi connectivity index (χ2n) is 2.63. The molecule has 0 rings (SSSR count). The predicted octanol–water partition coefficient (Wildman–Crippen LogP) is 4.36. The van der Waals surface area contributed by atoms with E-state index in [0.717, 1.165) is 6.42 Å². The molecular weight excluding hydrogens is 168 g/mol. The third kappa shape index (κ3) is 10.4. The van der Waals surface area contributed by atoms with E-state index in [2.05, 4.69) is 12.7 Å². The molecule has 0 aromatic carbocycles. The smallest absolute Gasteiger partial charge is 0.0169 e. The fourth-order valence-electron chi connectivity index (χ4n) is 0.749. The molecule has 0 spiro atoms. The van der Waals surface area contributed by atoms with Crippen molar-refractivity contribution in [1.29, 1.82) is 0 Å². The SMILES string of the molecule is C=CCC=CC=CC=CC=CC=CC. The molecule has 0 radical (unpaired) electrons. The normalized spacial score (nSPS) is 13.2. The second kappa shape index (κ2) is 11.4. The molecule has 0 amide bonds. The lowest BCUT2D eigenvalue weighted by molar-refractivity contribution is 1.41. The first kappa shape index (κ1) is 12.4. The summed E-state index contributed by atoms with van der Waals surface area (Å²) in [4.78, 5) is 0. The Morgan fingerprint density at radius 3 is 1.79 bits per heavy atom. The Labute approximate surface area is 87.3 Å². The van der Waals surface area contributed by atoms with Gasteiger partial charge in [-0.2, -0.15) is 0 Å². The van der Waals surface area contributed by atoms with Crippen LogP contribution in [0.1, 0.15) is 13.3 Å². The van der Waals surface area contributed by atoms with Crippen LogP contribution in [0.2, 0.25) is 0 Å². The van der Waals surface area contributed by atoms with Gasteiger partial charge in [-0.1, -0.05) is 66.8 Å². The Balaban J connectivity index is 3.65. The minimum atomic E-state index is 0.926. The second-order valence-corrected chi connectivity index (χ2v) is 2.63. The van der Waals surface area contributed by atoms with Crippen molar-refractivity contribution >= 4 is 0 Å². The molecule has 0 heteroatoms. The lowest BCUT2D eigenvalue weighted by atomic mass is 10.3. The van der Waals surface area contributed by atoms with Gasteiger partial charge in [-0.15, -0.1) is 6.58 Å². The van der Waals surface area contributed by atoms with Crippen LogP contribution >= 0.6 is 0 Å². The summed E-state index contributed by atoms with van der Waals surface area (Å²) in [5.41, 5.74) is 0. The molecule has 0 aromatic rings. The largest absolute Gasteiger partial charge is 0.103 e. The Morgan fingerprint density at radius 2 is 1.29 bits per heavy atom. The summed E-state index contributed by atoms with van der Waals surface area (Å²) >= 11 is 0. The molecule has 0 fully saturated rings. The number of rotatable bonds is 6. The summed E-state index contributed by atoms with van der Waals surface area (Å²) in [6, 6.07) is 0. The summed E-state index contributed by atoms with van der Waals surface area (Å²) in [6.07, 6.45) is 22.9. The maximum atomic E-state index is 3.63. The van der Waals surface area contributed by atoms with E-state index in [1.54, 1.807) is 0 Å². The summed E-state index contributed by atoms with van der Waals surface area (Å²) in [5, 5.41) is 0. The van der Waals surface area contributed by atoms with Crippen LogP contribution in [0.3, 0.4) is 0 Å². The molecular formula is C14H18. The summed E-state index contributed by atoms with van der Waals surface area (Å²) < 4.78 is 0. The van der Waals surface area contributed by atoms with Gasteiger partial charge in [0, 0.05) is 0 Å². The topological polar surface area (TPSA) is 0 Å². The quantitative estimate of drug-likeness (QED) is 0.427. The average molecular weight is 186 g/mol. The molecule has 0 aromatic heterocycles. The zero-order valence-electron chi connectivity index (χ0n) is 8.77. The van der Waals surface area contributed by atoms with Crippen LogP contribution < -0.4 is 0 Å². The van der Waals surface area contributed by atoms with Crippen molar-refractivity contribution in [2.24, 2.45) is 0 Å². The molecule has 0 bridgehead atoms. The van der Waals surface area contributed by atoms with Gasteiger partial charge >= 0.3 is 0 Å². The maximum absolute atomic E-state index is 3.63. The molecule has 0 aliphatic carbocycles. The standard InChI is InChI=1S/C14H18/c1-3-5-7-9-11-13-14-12-10-8-6-4-2/h3-4,6-14H,1,5H2,2H3. The molecule has 0 saturated heterocycles. The molecule has 74 valence electrons. The van der Waals surface area contributed by atoms with Crippen LogP contribution in [-0.2, 0) is 0 Å². The van der Waals surface area contributed by atoms with Gasteiger partial charge in [0.05, 0.1) is 0 Å². The predicted molar refractivity (Wildman–Crippen MR) is 66.2 cm³/mol. The highest BCUT2D eigenvalue weighted by Gasteiger charge is 1.64. The van der Waals surface area contributed by atoms with E-state index >= 15 is 0 Å². The van der Waals surface area contributed by atoms with Crippen molar-refractivity contribution in [1.82, 2.24) is 0 Å².